The minimum Gasteiger partial charge on any atom is -0.388 e. The van der Waals surface area contributed by atoms with Crippen molar-refractivity contribution in [3.8, 4) is 11.3 Å². The molecule has 112 valence electrons. The maximum Gasteiger partial charge on any atom is 0.269 e. The lowest BCUT2D eigenvalue weighted by atomic mass is 9.92. The van der Waals surface area contributed by atoms with Gasteiger partial charge in [-0.1, -0.05) is 44.2 Å². The Morgan fingerprint density at radius 3 is 2.67 bits per heavy atom. The summed E-state index contributed by atoms with van der Waals surface area (Å²) in [5, 5.41) is 19.7. The summed E-state index contributed by atoms with van der Waals surface area (Å²) in [5.74, 6) is -0.218. The van der Waals surface area contributed by atoms with E-state index in [-0.39, 0.29) is 18.4 Å². The van der Waals surface area contributed by atoms with Crippen molar-refractivity contribution in [2.75, 3.05) is 6.54 Å². The highest BCUT2D eigenvalue weighted by atomic mass is 16.3. The molecule has 1 heterocycles. The van der Waals surface area contributed by atoms with Crippen LogP contribution in [0.15, 0.2) is 36.4 Å². The lowest BCUT2D eigenvalue weighted by Crippen LogP contribution is -2.44. The van der Waals surface area contributed by atoms with Crippen LogP contribution >= 0.6 is 0 Å². The summed E-state index contributed by atoms with van der Waals surface area (Å²) in [6.07, 6.45) is 0. The lowest BCUT2D eigenvalue weighted by molar-refractivity contribution is 0.0142. The third-order valence-corrected chi connectivity index (χ3v) is 3.74. The summed E-state index contributed by atoms with van der Waals surface area (Å²) in [6.45, 7) is 5.73. The Hall–Kier alpha value is -2.14. The maximum atomic E-state index is 12.1. The van der Waals surface area contributed by atoms with Gasteiger partial charge in [-0.2, -0.15) is 5.10 Å². The van der Waals surface area contributed by atoms with Crippen molar-refractivity contribution in [3.05, 3.63) is 42.1 Å². The van der Waals surface area contributed by atoms with Gasteiger partial charge in [0.15, 0.2) is 0 Å². The number of aromatic amines is 1. The van der Waals surface area contributed by atoms with Gasteiger partial charge in [0.05, 0.1) is 11.3 Å². The molecule has 0 aliphatic heterocycles. The van der Waals surface area contributed by atoms with Crippen molar-refractivity contribution in [1.82, 2.24) is 15.5 Å². The van der Waals surface area contributed by atoms with Gasteiger partial charge in [0.2, 0.25) is 0 Å². The summed E-state index contributed by atoms with van der Waals surface area (Å²) in [7, 11) is 0. The van der Waals surface area contributed by atoms with Crippen LogP contribution in [-0.2, 0) is 0 Å². The molecule has 0 fully saturated rings. The van der Waals surface area contributed by atoms with Crippen molar-refractivity contribution < 1.29 is 9.90 Å². The molecule has 0 saturated heterocycles. The first-order chi connectivity index (χ1) is 9.90. The molecule has 3 N–H and O–H groups in total. The smallest absolute Gasteiger partial charge is 0.269 e. The number of hydrogen-bond acceptors (Lipinski definition) is 3. The van der Waals surface area contributed by atoms with E-state index in [1.807, 2.05) is 44.2 Å². The molecule has 1 aromatic heterocycles. The number of nitrogens with one attached hydrogen (secondary N) is 2. The predicted molar refractivity (Wildman–Crippen MR) is 81.8 cm³/mol. The zero-order valence-electron chi connectivity index (χ0n) is 12.6. The van der Waals surface area contributed by atoms with Gasteiger partial charge in [-0.15, -0.1) is 0 Å². The van der Waals surface area contributed by atoms with Gasteiger partial charge in [0.1, 0.15) is 5.69 Å². The highest BCUT2D eigenvalue weighted by Gasteiger charge is 2.25. The number of rotatable bonds is 5. The second-order valence-electron chi connectivity index (χ2n) is 5.73. The zero-order valence-corrected chi connectivity index (χ0v) is 12.6. The zero-order chi connectivity index (χ0) is 15.5. The number of hydrogen-bond donors (Lipinski definition) is 3. The van der Waals surface area contributed by atoms with Gasteiger partial charge in [-0.05, 0) is 18.9 Å². The van der Waals surface area contributed by atoms with E-state index < -0.39 is 5.60 Å². The van der Waals surface area contributed by atoms with Crippen LogP contribution in [0, 0.1) is 5.92 Å². The molecule has 2 aromatic rings. The Morgan fingerprint density at radius 1 is 1.38 bits per heavy atom. The Labute approximate surface area is 124 Å². The third-order valence-electron chi connectivity index (χ3n) is 3.74. The summed E-state index contributed by atoms with van der Waals surface area (Å²) in [6, 6.07) is 11.3. The van der Waals surface area contributed by atoms with Crippen molar-refractivity contribution in [2.45, 2.75) is 26.4 Å². The van der Waals surface area contributed by atoms with Crippen molar-refractivity contribution in [1.29, 1.82) is 0 Å². The summed E-state index contributed by atoms with van der Waals surface area (Å²) < 4.78 is 0. The van der Waals surface area contributed by atoms with Crippen LogP contribution in [0.5, 0.6) is 0 Å². The number of aliphatic hydroxyl groups is 1. The standard InChI is InChI=1S/C16H21N3O2/c1-11(2)16(3,21)10-17-15(20)14-9-13(18-19-14)12-7-5-4-6-8-12/h4-9,11,21H,10H2,1-3H3,(H,17,20)(H,18,19). The van der Waals surface area contributed by atoms with Crippen LogP contribution in [-0.4, -0.2) is 33.4 Å². The first-order valence-corrected chi connectivity index (χ1v) is 7.01. The van der Waals surface area contributed by atoms with E-state index in [0.29, 0.717) is 5.69 Å². The molecular formula is C16H21N3O2. The molecule has 5 nitrogen and oxygen atoms in total. The van der Waals surface area contributed by atoms with E-state index in [0.717, 1.165) is 11.3 Å². The van der Waals surface area contributed by atoms with Gasteiger partial charge in [-0.25, -0.2) is 0 Å². The molecular weight excluding hydrogens is 266 g/mol. The van der Waals surface area contributed by atoms with Gasteiger partial charge in [0.25, 0.3) is 5.91 Å². The number of amides is 1. The normalized spacial score (nSPS) is 14.0. The number of carbonyl (C=O) groups is 1. The molecule has 1 unspecified atom stereocenters. The van der Waals surface area contributed by atoms with Crippen molar-refractivity contribution >= 4 is 5.91 Å². The molecule has 21 heavy (non-hydrogen) atoms. The van der Waals surface area contributed by atoms with Crippen LogP contribution in [0.3, 0.4) is 0 Å². The number of H-pyrrole nitrogens is 1. The molecule has 0 aliphatic carbocycles. The second-order valence-corrected chi connectivity index (χ2v) is 5.73. The molecule has 2 rings (SSSR count). The van der Waals surface area contributed by atoms with Gasteiger partial charge >= 0.3 is 0 Å². The monoisotopic (exact) mass is 287 g/mol. The molecule has 5 heteroatoms. The predicted octanol–water partition coefficient (Wildman–Crippen LogP) is 2.21. The fraction of sp³-hybridized carbons (Fsp3) is 0.375. The third kappa shape index (κ3) is 3.70. The Balaban J connectivity index is 2.03. The largest absolute Gasteiger partial charge is 0.388 e. The van der Waals surface area contributed by atoms with E-state index >= 15 is 0 Å². The number of aromatic nitrogens is 2. The van der Waals surface area contributed by atoms with E-state index in [4.69, 9.17) is 0 Å². The number of carbonyl (C=O) groups excluding carboxylic acids is 1. The molecule has 0 spiro atoms. The van der Waals surface area contributed by atoms with Crippen LogP contribution in [0.1, 0.15) is 31.3 Å². The highest BCUT2D eigenvalue weighted by Crippen LogP contribution is 2.17. The molecule has 1 amide bonds. The fourth-order valence-corrected chi connectivity index (χ4v) is 1.75. The van der Waals surface area contributed by atoms with Crippen LogP contribution < -0.4 is 5.32 Å². The second kappa shape index (κ2) is 6.10. The van der Waals surface area contributed by atoms with Crippen LogP contribution in [0.2, 0.25) is 0 Å². The first-order valence-electron chi connectivity index (χ1n) is 7.01. The SMILES string of the molecule is CC(C)C(C)(O)CNC(=O)c1cc(-c2ccccc2)n[nH]1. The lowest BCUT2D eigenvalue weighted by Gasteiger charge is -2.27. The molecule has 0 bridgehead atoms. The van der Waals surface area contributed by atoms with Crippen LogP contribution in [0.25, 0.3) is 11.3 Å². The topological polar surface area (TPSA) is 78.0 Å². The Bertz CT molecular complexity index is 603. The number of benzene rings is 1. The van der Waals surface area contributed by atoms with E-state index in [1.54, 1.807) is 13.0 Å². The summed E-state index contributed by atoms with van der Waals surface area (Å²) in [5.41, 5.74) is 1.12. The number of nitrogens with zero attached hydrogens (tertiary/aromatic N) is 1. The van der Waals surface area contributed by atoms with E-state index in [1.165, 1.54) is 0 Å². The molecule has 0 saturated carbocycles. The molecule has 0 aliphatic rings. The Kier molecular flexibility index (Phi) is 4.43. The minimum absolute atomic E-state index is 0.0550. The fourth-order valence-electron chi connectivity index (χ4n) is 1.75. The minimum atomic E-state index is -0.933. The first kappa shape index (κ1) is 15.3. The average Bonchev–Trinajstić information content (AvgIpc) is 2.95. The van der Waals surface area contributed by atoms with E-state index in [9.17, 15) is 9.90 Å². The van der Waals surface area contributed by atoms with Gasteiger partial charge < -0.3 is 10.4 Å². The van der Waals surface area contributed by atoms with Gasteiger partial charge in [-0.3, -0.25) is 9.89 Å². The average molecular weight is 287 g/mol. The summed E-state index contributed by atoms with van der Waals surface area (Å²) >= 11 is 0. The van der Waals surface area contributed by atoms with Crippen molar-refractivity contribution in [2.24, 2.45) is 5.92 Å². The summed E-state index contributed by atoms with van der Waals surface area (Å²) in [4.78, 5) is 12.1. The molecule has 0 radical (unpaired) electrons. The van der Waals surface area contributed by atoms with Crippen LogP contribution in [0.4, 0.5) is 0 Å². The quantitative estimate of drug-likeness (QED) is 0.789. The van der Waals surface area contributed by atoms with Gasteiger partial charge in [0, 0.05) is 12.1 Å². The Morgan fingerprint density at radius 2 is 2.05 bits per heavy atom. The maximum absolute atomic E-state index is 12.1. The van der Waals surface area contributed by atoms with Crippen molar-refractivity contribution in [3.63, 3.8) is 0 Å². The molecule has 1 aromatic carbocycles. The highest BCUT2D eigenvalue weighted by molar-refractivity contribution is 5.93. The van der Waals surface area contributed by atoms with E-state index in [2.05, 4.69) is 15.5 Å². The molecule has 1 atom stereocenters.